The Morgan fingerprint density at radius 1 is 1.00 bits per heavy atom. The van der Waals surface area contributed by atoms with Crippen LogP contribution >= 0.6 is 11.6 Å². The van der Waals surface area contributed by atoms with E-state index in [2.05, 4.69) is 10.2 Å². The van der Waals surface area contributed by atoms with Crippen LogP contribution in [-0.4, -0.2) is 52.6 Å². The lowest BCUT2D eigenvalue weighted by Gasteiger charge is -2.27. The molecule has 34 heavy (non-hydrogen) atoms. The Labute approximate surface area is 200 Å². The van der Waals surface area contributed by atoms with Gasteiger partial charge in [-0.25, -0.2) is 4.39 Å². The lowest BCUT2D eigenvalue weighted by molar-refractivity contribution is -0.136. The number of hydrogen-bond donors (Lipinski definition) is 1. The van der Waals surface area contributed by atoms with Crippen LogP contribution in [0.3, 0.4) is 0 Å². The third-order valence-electron chi connectivity index (χ3n) is 6.50. The average molecular weight is 482 g/mol. The number of hydrogen-bond acceptors (Lipinski definition) is 5. The average Bonchev–Trinajstić information content (AvgIpc) is 3.06. The van der Waals surface area contributed by atoms with Crippen LogP contribution in [0, 0.1) is 5.82 Å². The lowest BCUT2D eigenvalue weighted by atomic mass is 9.98. The summed E-state index contributed by atoms with van der Waals surface area (Å²) in [5, 5.41) is 2.33. The van der Waals surface area contributed by atoms with Crippen LogP contribution in [0.2, 0.25) is 5.02 Å². The highest BCUT2D eigenvalue weighted by atomic mass is 35.5. The van der Waals surface area contributed by atoms with Crippen LogP contribution in [0.5, 0.6) is 0 Å². The Morgan fingerprint density at radius 2 is 1.79 bits per heavy atom. The SMILES string of the molecule is O=C1CCC(N2C(=O)c3ccc(CN4CC=C(c5cccc(F)c5Cl)CC4)cc3C2=O)C(=O)N1. The number of benzene rings is 2. The molecule has 1 N–H and O–H groups in total. The number of carbonyl (C=O) groups is 4. The topological polar surface area (TPSA) is 86.8 Å². The van der Waals surface area contributed by atoms with Crippen molar-refractivity contribution in [3.63, 3.8) is 0 Å². The van der Waals surface area contributed by atoms with E-state index in [9.17, 15) is 23.6 Å². The maximum Gasteiger partial charge on any atom is 0.262 e. The first kappa shape index (κ1) is 22.4. The second-order valence-corrected chi connectivity index (χ2v) is 9.02. The zero-order valence-corrected chi connectivity index (χ0v) is 18.9. The van der Waals surface area contributed by atoms with E-state index in [0.717, 1.165) is 22.6 Å². The van der Waals surface area contributed by atoms with Crippen LogP contribution < -0.4 is 5.32 Å². The highest BCUT2D eigenvalue weighted by molar-refractivity contribution is 6.32. The summed E-state index contributed by atoms with van der Waals surface area (Å²) in [6, 6.07) is 8.94. The Kier molecular flexibility index (Phi) is 5.79. The summed E-state index contributed by atoms with van der Waals surface area (Å²) in [6.07, 6.45) is 2.94. The van der Waals surface area contributed by atoms with Gasteiger partial charge in [-0.05, 0) is 47.7 Å². The number of imide groups is 2. The van der Waals surface area contributed by atoms with Gasteiger partial charge in [0.25, 0.3) is 11.8 Å². The van der Waals surface area contributed by atoms with Gasteiger partial charge >= 0.3 is 0 Å². The van der Waals surface area contributed by atoms with Crippen LogP contribution in [0.15, 0.2) is 42.5 Å². The molecule has 174 valence electrons. The smallest absolute Gasteiger partial charge is 0.262 e. The van der Waals surface area contributed by atoms with Crippen molar-refractivity contribution in [1.82, 2.24) is 15.1 Å². The molecular formula is C25H21ClFN3O4. The minimum Gasteiger partial charge on any atom is -0.295 e. The minimum absolute atomic E-state index is 0.0837. The Hall–Kier alpha value is -3.36. The van der Waals surface area contributed by atoms with Crippen LogP contribution in [0.4, 0.5) is 4.39 Å². The van der Waals surface area contributed by atoms with Gasteiger partial charge in [-0.15, -0.1) is 0 Å². The van der Waals surface area contributed by atoms with Crippen molar-refractivity contribution in [2.24, 2.45) is 0 Å². The van der Waals surface area contributed by atoms with Crippen LogP contribution in [-0.2, 0) is 16.1 Å². The molecule has 0 spiro atoms. The largest absolute Gasteiger partial charge is 0.295 e. The summed E-state index contributed by atoms with van der Waals surface area (Å²) < 4.78 is 13.8. The number of halogens is 2. The van der Waals surface area contributed by atoms with Gasteiger partial charge in [-0.1, -0.05) is 35.9 Å². The molecule has 4 amide bonds. The Balaban J connectivity index is 1.30. The second-order valence-electron chi connectivity index (χ2n) is 8.64. The molecule has 1 fully saturated rings. The van der Waals surface area contributed by atoms with Crippen molar-refractivity contribution >= 4 is 40.8 Å². The molecule has 0 radical (unpaired) electrons. The number of rotatable bonds is 4. The van der Waals surface area contributed by atoms with Gasteiger partial charge in [-0.3, -0.25) is 34.3 Å². The predicted molar refractivity (Wildman–Crippen MR) is 122 cm³/mol. The highest BCUT2D eigenvalue weighted by Gasteiger charge is 2.44. The molecule has 1 atom stereocenters. The van der Waals surface area contributed by atoms with E-state index in [-0.39, 0.29) is 29.0 Å². The van der Waals surface area contributed by atoms with Gasteiger partial charge in [0.05, 0.1) is 16.1 Å². The molecule has 1 unspecified atom stereocenters. The van der Waals surface area contributed by atoms with Gasteiger partial charge in [0.15, 0.2) is 0 Å². The molecular weight excluding hydrogens is 461 g/mol. The number of carbonyl (C=O) groups excluding carboxylic acids is 4. The van der Waals surface area contributed by atoms with Gasteiger partial charge in [0.1, 0.15) is 11.9 Å². The van der Waals surface area contributed by atoms with Crippen molar-refractivity contribution in [3.8, 4) is 0 Å². The van der Waals surface area contributed by atoms with E-state index in [1.165, 1.54) is 6.07 Å². The van der Waals surface area contributed by atoms with E-state index in [4.69, 9.17) is 11.6 Å². The monoisotopic (exact) mass is 481 g/mol. The number of nitrogens with one attached hydrogen (secondary N) is 1. The van der Waals surface area contributed by atoms with Crippen LogP contribution in [0.1, 0.15) is 51.1 Å². The molecule has 3 heterocycles. The molecule has 2 aromatic rings. The number of amides is 4. The summed E-state index contributed by atoms with van der Waals surface area (Å²) >= 11 is 6.12. The summed E-state index contributed by atoms with van der Waals surface area (Å²) in [7, 11) is 0. The molecule has 3 aliphatic rings. The third kappa shape index (κ3) is 3.93. The van der Waals surface area contributed by atoms with Gasteiger partial charge in [0, 0.05) is 26.1 Å². The molecule has 9 heteroatoms. The number of piperidine rings is 1. The lowest BCUT2D eigenvalue weighted by Crippen LogP contribution is -2.54. The standard InChI is InChI=1S/C25H21ClFN3O4/c26-22-16(2-1-3-19(22)27)15-8-10-29(11-9-15)13-14-4-5-17-18(12-14)25(34)30(24(17)33)20-6-7-21(31)28-23(20)32/h1-5,8,12,20H,6-7,9-11,13H2,(H,28,31,32). The fourth-order valence-electron chi connectivity index (χ4n) is 4.73. The van der Waals surface area contributed by atoms with Crippen molar-refractivity contribution < 1.29 is 23.6 Å². The highest BCUT2D eigenvalue weighted by Crippen LogP contribution is 2.32. The quantitative estimate of drug-likeness (QED) is 0.678. The number of fused-ring (bicyclic) bond motifs is 1. The molecule has 0 aromatic heterocycles. The Morgan fingerprint density at radius 3 is 2.53 bits per heavy atom. The second kappa shape index (κ2) is 8.77. The van der Waals surface area contributed by atoms with Crippen molar-refractivity contribution in [2.45, 2.75) is 31.8 Å². The van der Waals surface area contributed by atoms with Crippen molar-refractivity contribution in [2.75, 3.05) is 13.1 Å². The zero-order valence-electron chi connectivity index (χ0n) is 18.1. The van der Waals surface area contributed by atoms with Crippen molar-refractivity contribution in [3.05, 3.63) is 75.6 Å². The van der Waals surface area contributed by atoms with E-state index >= 15 is 0 Å². The zero-order chi connectivity index (χ0) is 24.0. The summed E-state index contributed by atoms with van der Waals surface area (Å²) in [5.74, 6) is -2.50. The molecule has 0 bridgehead atoms. The molecule has 7 nitrogen and oxygen atoms in total. The summed E-state index contributed by atoms with van der Waals surface area (Å²) in [6.45, 7) is 1.92. The molecule has 0 aliphatic carbocycles. The van der Waals surface area contributed by atoms with E-state index in [0.29, 0.717) is 25.1 Å². The predicted octanol–water partition coefficient (Wildman–Crippen LogP) is 3.17. The van der Waals surface area contributed by atoms with Crippen LogP contribution in [0.25, 0.3) is 5.57 Å². The molecule has 1 saturated heterocycles. The van der Waals surface area contributed by atoms with Gasteiger partial charge in [-0.2, -0.15) is 0 Å². The summed E-state index contributed by atoms with van der Waals surface area (Å²) in [5.41, 5.74) is 3.10. The minimum atomic E-state index is -0.978. The van der Waals surface area contributed by atoms with Gasteiger partial charge in [0.2, 0.25) is 11.8 Å². The molecule has 0 saturated carbocycles. The van der Waals surface area contributed by atoms with E-state index in [1.54, 1.807) is 24.3 Å². The molecule has 5 rings (SSSR count). The third-order valence-corrected chi connectivity index (χ3v) is 6.89. The van der Waals surface area contributed by atoms with E-state index in [1.807, 2.05) is 12.1 Å². The van der Waals surface area contributed by atoms with Crippen molar-refractivity contribution in [1.29, 1.82) is 0 Å². The summed E-state index contributed by atoms with van der Waals surface area (Å²) in [4.78, 5) is 52.6. The number of nitrogens with zero attached hydrogens (tertiary/aromatic N) is 2. The first-order valence-corrected chi connectivity index (χ1v) is 11.4. The Bertz CT molecular complexity index is 1270. The molecule has 3 aliphatic heterocycles. The first-order chi connectivity index (χ1) is 16.3. The maximum absolute atomic E-state index is 13.8. The molecule has 2 aromatic carbocycles. The normalized spacial score (nSPS) is 20.9. The van der Waals surface area contributed by atoms with E-state index < -0.39 is 35.5 Å². The fourth-order valence-corrected chi connectivity index (χ4v) is 4.97. The maximum atomic E-state index is 13.8. The first-order valence-electron chi connectivity index (χ1n) is 11.0. The van der Waals surface area contributed by atoms with Gasteiger partial charge < -0.3 is 0 Å². The fraction of sp³-hybridized carbons (Fsp3) is 0.280.